The number of nitrogens with one attached hydrogen (secondary N) is 1. The predicted molar refractivity (Wildman–Crippen MR) is 111 cm³/mol. The standard InChI is InChI=1S/C20H22FN7S/c1-5-27(6-2)11-16-22-19(17-12(3)13(4)29-20(17)23-16)28-25-18(24-26-28)14-8-7-9-15(21)10-14/h7-10H,5-6,11H2,1-4H3/p+1. The van der Waals surface area contributed by atoms with Crippen LogP contribution in [0, 0.1) is 19.7 Å². The normalized spacial score (nSPS) is 11.7. The second-order valence-electron chi connectivity index (χ2n) is 6.97. The van der Waals surface area contributed by atoms with Gasteiger partial charge in [-0.2, -0.15) is 0 Å². The molecule has 0 saturated heterocycles. The molecule has 1 aromatic carbocycles. The molecule has 0 bridgehead atoms. The van der Waals surface area contributed by atoms with Crippen molar-refractivity contribution in [2.45, 2.75) is 34.2 Å². The molecule has 0 unspecified atom stereocenters. The first-order chi connectivity index (χ1) is 14.0. The molecule has 7 nitrogen and oxygen atoms in total. The second-order valence-corrected chi connectivity index (χ2v) is 8.18. The fourth-order valence-electron chi connectivity index (χ4n) is 3.27. The maximum atomic E-state index is 13.6. The van der Waals surface area contributed by atoms with Gasteiger partial charge in [-0.1, -0.05) is 12.1 Å². The largest absolute Gasteiger partial charge is 0.329 e. The number of aromatic nitrogens is 6. The molecule has 0 fully saturated rings. The van der Waals surface area contributed by atoms with Crippen molar-refractivity contribution in [1.82, 2.24) is 30.2 Å². The van der Waals surface area contributed by atoms with Crippen LogP contribution in [-0.2, 0) is 6.54 Å². The van der Waals surface area contributed by atoms with Gasteiger partial charge in [-0.05, 0) is 50.6 Å². The highest BCUT2D eigenvalue weighted by atomic mass is 32.1. The van der Waals surface area contributed by atoms with Crippen LogP contribution in [0.3, 0.4) is 0 Å². The first-order valence-electron chi connectivity index (χ1n) is 9.66. The van der Waals surface area contributed by atoms with Crippen LogP contribution in [0.5, 0.6) is 0 Å². The molecular weight excluding hydrogens is 389 g/mol. The Kier molecular flexibility index (Phi) is 5.33. The molecule has 4 aromatic rings. The Labute approximate surface area is 172 Å². The lowest BCUT2D eigenvalue weighted by Gasteiger charge is -2.14. The van der Waals surface area contributed by atoms with Crippen LogP contribution < -0.4 is 4.90 Å². The second kappa shape index (κ2) is 7.92. The van der Waals surface area contributed by atoms with Crippen molar-refractivity contribution in [3.63, 3.8) is 0 Å². The van der Waals surface area contributed by atoms with E-state index >= 15 is 0 Å². The van der Waals surface area contributed by atoms with E-state index in [1.54, 1.807) is 23.5 Å². The van der Waals surface area contributed by atoms with Gasteiger partial charge >= 0.3 is 0 Å². The number of rotatable bonds is 6. The summed E-state index contributed by atoms with van der Waals surface area (Å²) in [4.78, 5) is 14.6. The van der Waals surface area contributed by atoms with Crippen molar-refractivity contribution >= 4 is 21.6 Å². The summed E-state index contributed by atoms with van der Waals surface area (Å²) in [6, 6.07) is 6.17. The van der Waals surface area contributed by atoms with E-state index < -0.39 is 0 Å². The van der Waals surface area contributed by atoms with Crippen LogP contribution in [0.25, 0.3) is 27.4 Å². The van der Waals surface area contributed by atoms with E-state index in [1.807, 2.05) is 0 Å². The Balaban J connectivity index is 1.84. The first-order valence-corrected chi connectivity index (χ1v) is 10.5. The summed E-state index contributed by atoms with van der Waals surface area (Å²) in [5.41, 5.74) is 1.69. The predicted octanol–water partition coefficient (Wildman–Crippen LogP) is 2.51. The van der Waals surface area contributed by atoms with Crippen molar-refractivity contribution in [3.05, 3.63) is 46.3 Å². The van der Waals surface area contributed by atoms with E-state index in [0.717, 1.165) is 41.2 Å². The Morgan fingerprint density at radius 1 is 1.14 bits per heavy atom. The number of benzene rings is 1. The molecule has 150 valence electrons. The van der Waals surface area contributed by atoms with Crippen molar-refractivity contribution in [3.8, 4) is 17.2 Å². The quantitative estimate of drug-likeness (QED) is 0.527. The number of tetrazole rings is 1. The van der Waals surface area contributed by atoms with Gasteiger partial charge in [0.05, 0.1) is 18.5 Å². The number of halogens is 1. The molecule has 0 atom stereocenters. The van der Waals surface area contributed by atoms with Gasteiger partial charge in [-0.3, -0.25) is 0 Å². The highest BCUT2D eigenvalue weighted by Crippen LogP contribution is 2.32. The van der Waals surface area contributed by atoms with Gasteiger partial charge in [0.1, 0.15) is 17.2 Å². The highest BCUT2D eigenvalue weighted by molar-refractivity contribution is 7.18. The fraction of sp³-hybridized carbons (Fsp3) is 0.350. The Morgan fingerprint density at radius 3 is 2.66 bits per heavy atom. The summed E-state index contributed by atoms with van der Waals surface area (Å²) >= 11 is 1.65. The van der Waals surface area contributed by atoms with Gasteiger partial charge < -0.3 is 4.90 Å². The maximum Gasteiger partial charge on any atom is 0.205 e. The lowest BCUT2D eigenvalue weighted by Crippen LogP contribution is -3.10. The number of hydrogen-bond acceptors (Lipinski definition) is 6. The fourth-order valence-corrected chi connectivity index (χ4v) is 4.31. The smallest absolute Gasteiger partial charge is 0.205 e. The van der Waals surface area contributed by atoms with E-state index in [0.29, 0.717) is 17.2 Å². The molecular formula is C20H23FN7S+. The Bertz CT molecular complexity index is 1160. The minimum absolute atomic E-state index is 0.336. The average molecular weight is 413 g/mol. The number of quaternary nitrogens is 1. The zero-order valence-electron chi connectivity index (χ0n) is 16.9. The molecule has 0 aliphatic rings. The van der Waals surface area contributed by atoms with Crippen LogP contribution in [0.1, 0.15) is 30.1 Å². The lowest BCUT2D eigenvalue weighted by atomic mass is 10.2. The number of hydrogen-bond donors (Lipinski definition) is 1. The van der Waals surface area contributed by atoms with Gasteiger partial charge in [0.15, 0.2) is 11.6 Å². The number of aryl methyl sites for hydroxylation is 2. The molecule has 3 aromatic heterocycles. The molecule has 29 heavy (non-hydrogen) atoms. The molecule has 9 heteroatoms. The zero-order valence-corrected chi connectivity index (χ0v) is 17.7. The van der Waals surface area contributed by atoms with Gasteiger partial charge in [0.2, 0.25) is 5.82 Å². The minimum Gasteiger partial charge on any atom is -0.329 e. The molecule has 0 saturated carbocycles. The number of thiophene rings is 1. The van der Waals surface area contributed by atoms with E-state index in [2.05, 4.69) is 43.1 Å². The van der Waals surface area contributed by atoms with E-state index in [-0.39, 0.29) is 5.82 Å². The first kappa shape index (κ1) is 19.5. The summed E-state index contributed by atoms with van der Waals surface area (Å²) in [6.45, 7) is 11.2. The third-order valence-corrected chi connectivity index (χ3v) is 6.25. The van der Waals surface area contributed by atoms with Crippen molar-refractivity contribution in [1.29, 1.82) is 0 Å². The monoisotopic (exact) mass is 412 g/mol. The zero-order chi connectivity index (χ0) is 20.5. The summed E-state index contributed by atoms with van der Waals surface area (Å²) in [5.74, 6) is 1.40. The number of nitrogens with zero attached hydrogens (tertiary/aromatic N) is 6. The van der Waals surface area contributed by atoms with E-state index in [1.165, 1.54) is 26.7 Å². The summed E-state index contributed by atoms with van der Waals surface area (Å²) in [5, 5.41) is 13.8. The molecule has 0 aliphatic heterocycles. The Morgan fingerprint density at radius 2 is 1.93 bits per heavy atom. The molecule has 0 amide bonds. The topological polar surface area (TPSA) is 73.8 Å². The van der Waals surface area contributed by atoms with Crippen LogP contribution in [-0.4, -0.2) is 43.3 Å². The van der Waals surface area contributed by atoms with Crippen LogP contribution in [0.2, 0.25) is 0 Å². The highest BCUT2D eigenvalue weighted by Gasteiger charge is 2.20. The van der Waals surface area contributed by atoms with Gasteiger partial charge in [-0.25, -0.2) is 14.4 Å². The van der Waals surface area contributed by atoms with Crippen LogP contribution in [0.15, 0.2) is 24.3 Å². The Hall–Kier alpha value is -2.78. The van der Waals surface area contributed by atoms with E-state index in [9.17, 15) is 4.39 Å². The van der Waals surface area contributed by atoms with E-state index in [4.69, 9.17) is 9.97 Å². The van der Waals surface area contributed by atoms with Crippen molar-refractivity contribution < 1.29 is 9.29 Å². The molecule has 3 heterocycles. The summed E-state index contributed by atoms with van der Waals surface area (Å²) in [7, 11) is 0. The van der Waals surface area contributed by atoms with Gasteiger partial charge in [0, 0.05) is 10.4 Å². The number of fused-ring (bicyclic) bond motifs is 1. The summed E-state index contributed by atoms with van der Waals surface area (Å²) in [6.07, 6.45) is 0. The third-order valence-electron chi connectivity index (χ3n) is 5.15. The van der Waals surface area contributed by atoms with Gasteiger partial charge in [0.25, 0.3) is 0 Å². The third kappa shape index (κ3) is 3.75. The average Bonchev–Trinajstić information content (AvgIpc) is 3.31. The van der Waals surface area contributed by atoms with Crippen molar-refractivity contribution in [2.24, 2.45) is 0 Å². The molecule has 0 spiro atoms. The SMILES string of the molecule is CC[NH+](CC)Cc1nc(-n2nnc(-c3cccc(F)c3)n2)c2c(C)c(C)sc2n1. The maximum absolute atomic E-state index is 13.6. The van der Waals surface area contributed by atoms with Crippen LogP contribution >= 0.6 is 11.3 Å². The molecule has 0 radical (unpaired) electrons. The molecule has 1 N–H and O–H groups in total. The lowest BCUT2D eigenvalue weighted by molar-refractivity contribution is -0.910. The minimum atomic E-state index is -0.336. The van der Waals surface area contributed by atoms with Crippen molar-refractivity contribution in [2.75, 3.05) is 13.1 Å². The molecule has 4 rings (SSSR count). The van der Waals surface area contributed by atoms with Crippen LogP contribution in [0.4, 0.5) is 4.39 Å². The molecule has 0 aliphatic carbocycles. The van der Waals surface area contributed by atoms with Gasteiger partial charge in [-0.15, -0.1) is 26.3 Å². The summed E-state index contributed by atoms with van der Waals surface area (Å²) < 4.78 is 13.6.